The van der Waals surface area contributed by atoms with Crippen molar-refractivity contribution in [3.05, 3.63) is 65.5 Å². The van der Waals surface area contributed by atoms with E-state index >= 15 is 0 Å². The van der Waals surface area contributed by atoms with Crippen molar-refractivity contribution in [1.82, 2.24) is 14.9 Å². The summed E-state index contributed by atoms with van der Waals surface area (Å²) in [7, 11) is 1.99. The average Bonchev–Trinajstić information content (AvgIpc) is 2.90. The molecule has 0 aliphatic carbocycles. The number of aromatic nitrogens is 2. The number of hydrogen-bond donors (Lipinski definition) is 1. The molecule has 0 saturated heterocycles. The minimum Gasteiger partial charge on any atom is -0.355 e. The highest BCUT2D eigenvalue weighted by molar-refractivity contribution is 5.79. The molecule has 0 unspecified atom stereocenters. The van der Waals surface area contributed by atoms with E-state index < -0.39 is 0 Å². The molecule has 4 nitrogen and oxygen atoms in total. The number of carbonyl (C=O) groups is 1. The van der Waals surface area contributed by atoms with E-state index in [1.807, 2.05) is 49.1 Å². The molecule has 0 saturated carbocycles. The van der Waals surface area contributed by atoms with Crippen molar-refractivity contribution in [2.75, 3.05) is 6.54 Å². The Labute approximate surface area is 136 Å². The first-order chi connectivity index (χ1) is 11.1. The molecule has 0 aliphatic rings. The molecule has 118 valence electrons. The molecule has 3 rings (SSSR count). The number of imidazole rings is 1. The Hall–Kier alpha value is -2.62. The van der Waals surface area contributed by atoms with Crippen LogP contribution in [0.25, 0.3) is 11.0 Å². The number of rotatable bonds is 5. The van der Waals surface area contributed by atoms with Crippen molar-refractivity contribution >= 4 is 16.9 Å². The van der Waals surface area contributed by atoms with Crippen LogP contribution in [-0.2, 0) is 24.7 Å². The van der Waals surface area contributed by atoms with Gasteiger partial charge in [-0.05, 0) is 42.2 Å². The summed E-state index contributed by atoms with van der Waals surface area (Å²) in [6, 6.07) is 14.3. The normalized spacial score (nSPS) is 10.9. The molecule has 0 atom stereocenters. The van der Waals surface area contributed by atoms with Crippen LogP contribution >= 0.6 is 0 Å². The van der Waals surface area contributed by atoms with E-state index in [0.717, 1.165) is 28.6 Å². The summed E-state index contributed by atoms with van der Waals surface area (Å²) in [5, 5.41) is 3.00. The maximum absolute atomic E-state index is 12.0. The molecular formula is C19H21N3O. The lowest BCUT2D eigenvalue weighted by molar-refractivity contribution is -0.120. The molecule has 0 spiro atoms. The molecule has 0 aliphatic heterocycles. The summed E-state index contributed by atoms with van der Waals surface area (Å²) in [5.74, 6) is 0.0678. The molecule has 0 fully saturated rings. The van der Waals surface area contributed by atoms with Crippen LogP contribution in [0.15, 0.2) is 48.8 Å². The van der Waals surface area contributed by atoms with Crippen LogP contribution in [0, 0.1) is 6.92 Å². The predicted molar refractivity (Wildman–Crippen MR) is 92.3 cm³/mol. The zero-order valence-corrected chi connectivity index (χ0v) is 13.5. The van der Waals surface area contributed by atoms with Gasteiger partial charge in [-0.3, -0.25) is 4.79 Å². The van der Waals surface area contributed by atoms with Crippen molar-refractivity contribution in [2.24, 2.45) is 7.05 Å². The van der Waals surface area contributed by atoms with Gasteiger partial charge in [0.1, 0.15) is 0 Å². The first kappa shape index (κ1) is 15.3. The number of aryl methyl sites for hydroxylation is 2. The Balaban J connectivity index is 1.54. The number of hydrogen-bond acceptors (Lipinski definition) is 2. The van der Waals surface area contributed by atoms with Gasteiger partial charge in [0.2, 0.25) is 5.91 Å². The molecule has 2 aromatic carbocycles. The number of fused-ring (bicyclic) bond motifs is 1. The second-order valence-corrected chi connectivity index (χ2v) is 5.88. The molecule has 1 heterocycles. The highest BCUT2D eigenvalue weighted by Crippen LogP contribution is 2.14. The summed E-state index contributed by atoms with van der Waals surface area (Å²) in [5.41, 5.74) is 5.55. The molecule has 0 radical (unpaired) electrons. The van der Waals surface area contributed by atoms with Gasteiger partial charge in [0, 0.05) is 13.6 Å². The van der Waals surface area contributed by atoms with Gasteiger partial charge >= 0.3 is 0 Å². The maximum atomic E-state index is 12.0. The summed E-state index contributed by atoms with van der Waals surface area (Å²) >= 11 is 0. The molecule has 1 N–H and O–H groups in total. The third-order valence-electron chi connectivity index (χ3n) is 4.14. The van der Waals surface area contributed by atoms with Crippen LogP contribution in [-0.4, -0.2) is 22.0 Å². The Morgan fingerprint density at radius 2 is 2.04 bits per heavy atom. The zero-order chi connectivity index (χ0) is 16.2. The Morgan fingerprint density at radius 3 is 2.87 bits per heavy atom. The van der Waals surface area contributed by atoms with Crippen LogP contribution in [0.4, 0.5) is 0 Å². The van der Waals surface area contributed by atoms with Crippen molar-refractivity contribution in [3.63, 3.8) is 0 Å². The quantitative estimate of drug-likeness (QED) is 0.788. The van der Waals surface area contributed by atoms with Crippen LogP contribution in [0.2, 0.25) is 0 Å². The fraction of sp³-hybridized carbons (Fsp3) is 0.263. The lowest BCUT2D eigenvalue weighted by atomic mass is 10.1. The minimum atomic E-state index is 0.0678. The average molecular weight is 307 g/mol. The first-order valence-corrected chi connectivity index (χ1v) is 7.84. The van der Waals surface area contributed by atoms with E-state index in [9.17, 15) is 4.79 Å². The number of amides is 1. The molecule has 4 heteroatoms. The van der Waals surface area contributed by atoms with E-state index in [1.54, 1.807) is 0 Å². The van der Waals surface area contributed by atoms with Crippen molar-refractivity contribution in [2.45, 2.75) is 19.8 Å². The largest absolute Gasteiger partial charge is 0.355 e. The Morgan fingerprint density at radius 1 is 1.22 bits per heavy atom. The second-order valence-electron chi connectivity index (χ2n) is 5.88. The minimum absolute atomic E-state index is 0.0678. The summed E-state index contributed by atoms with van der Waals surface area (Å²) in [6.07, 6.45) is 3.07. The molecule has 1 amide bonds. The number of carbonyl (C=O) groups excluding carboxylic acids is 1. The molecular weight excluding hydrogens is 286 g/mol. The fourth-order valence-electron chi connectivity index (χ4n) is 2.73. The maximum Gasteiger partial charge on any atom is 0.224 e. The van der Waals surface area contributed by atoms with Gasteiger partial charge in [-0.15, -0.1) is 0 Å². The Bertz CT molecular complexity index is 836. The number of nitrogens with one attached hydrogen (secondary N) is 1. The van der Waals surface area contributed by atoms with Crippen molar-refractivity contribution in [1.29, 1.82) is 0 Å². The van der Waals surface area contributed by atoms with Gasteiger partial charge in [-0.1, -0.05) is 30.3 Å². The highest BCUT2D eigenvalue weighted by Gasteiger charge is 2.06. The van der Waals surface area contributed by atoms with E-state index in [0.29, 0.717) is 13.0 Å². The van der Waals surface area contributed by atoms with Crippen molar-refractivity contribution in [3.8, 4) is 0 Å². The smallest absolute Gasteiger partial charge is 0.224 e. The van der Waals surface area contributed by atoms with Gasteiger partial charge in [0.25, 0.3) is 0 Å². The Kier molecular flexibility index (Phi) is 4.42. The van der Waals surface area contributed by atoms with E-state index in [2.05, 4.69) is 28.5 Å². The molecule has 1 aromatic heterocycles. The summed E-state index contributed by atoms with van der Waals surface area (Å²) in [6.45, 7) is 2.67. The summed E-state index contributed by atoms with van der Waals surface area (Å²) in [4.78, 5) is 16.4. The number of benzene rings is 2. The SMILES string of the molecule is Cc1ccccc1CC(=O)NCCc1ccc2c(c1)ncn2C. The van der Waals surface area contributed by atoms with Crippen LogP contribution in [0.3, 0.4) is 0 Å². The number of nitrogens with zero attached hydrogens (tertiary/aromatic N) is 2. The second kappa shape index (κ2) is 6.65. The molecule has 23 heavy (non-hydrogen) atoms. The topological polar surface area (TPSA) is 46.9 Å². The lowest BCUT2D eigenvalue weighted by Crippen LogP contribution is -2.27. The standard InChI is InChI=1S/C19H21N3O/c1-14-5-3-4-6-16(14)12-19(23)20-10-9-15-7-8-18-17(11-15)21-13-22(18)2/h3-8,11,13H,9-10,12H2,1-2H3,(H,20,23). The third-order valence-corrected chi connectivity index (χ3v) is 4.14. The third kappa shape index (κ3) is 3.59. The zero-order valence-electron chi connectivity index (χ0n) is 13.5. The summed E-state index contributed by atoms with van der Waals surface area (Å²) < 4.78 is 2.00. The fourth-order valence-corrected chi connectivity index (χ4v) is 2.73. The lowest BCUT2D eigenvalue weighted by Gasteiger charge is -2.07. The van der Waals surface area contributed by atoms with Crippen LogP contribution in [0.5, 0.6) is 0 Å². The van der Waals surface area contributed by atoms with Crippen LogP contribution < -0.4 is 5.32 Å². The van der Waals surface area contributed by atoms with Gasteiger partial charge in [0.05, 0.1) is 23.8 Å². The predicted octanol–water partition coefficient (Wildman–Crippen LogP) is 2.78. The van der Waals surface area contributed by atoms with Crippen LogP contribution in [0.1, 0.15) is 16.7 Å². The van der Waals surface area contributed by atoms with Crippen molar-refractivity contribution < 1.29 is 4.79 Å². The van der Waals surface area contributed by atoms with Gasteiger partial charge in [-0.25, -0.2) is 4.98 Å². The first-order valence-electron chi connectivity index (χ1n) is 7.84. The van der Waals surface area contributed by atoms with Gasteiger partial charge in [0.15, 0.2) is 0 Å². The van der Waals surface area contributed by atoms with E-state index in [4.69, 9.17) is 0 Å². The molecule has 3 aromatic rings. The van der Waals surface area contributed by atoms with Gasteiger partial charge < -0.3 is 9.88 Å². The van der Waals surface area contributed by atoms with E-state index in [1.165, 1.54) is 5.56 Å². The van der Waals surface area contributed by atoms with Gasteiger partial charge in [-0.2, -0.15) is 0 Å². The van der Waals surface area contributed by atoms with E-state index in [-0.39, 0.29) is 5.91 Å². The highest BCUT2D eigenvalue weighted by atomic mass is 16.1. The monoisotopic (exact) mass is 307 g/mol. The molecule has 0 bridgehead atoms.